The van der Waals surface area contributed by atoms with Crippen molar-refractivity contribution in [3.63, 3.8) is 0 Å². The number of halogens is 1. The maximum atomic E-state index is 13.5. The number of imide groups is 1. The van der Waals surface area contributed by atoms with Gasteiger partial charge in [0.2, 0.25) is 0 Å². The number of nitrogens with zero attached hydrogens (tertiary/aromatic N) is 1. The Bertz CT molecular complexity index is 1250. The third kappa shape index (κ3) is 4.64. The van der Waals surface area contributed by atoms with Gasteiger partial charge in [-0.05, 0) is 66.4 Å². The monoisotopic (exact) mass is 460 g/mol. The SMILES string of the molecule is COc1ccc(C2=C(Nc3cc(C)ccc3OC)C(=O)N(CCc3ccc(F)cc3)C2=O)cc1. The summed E-state index contributed by atoms with van der Waals surface area (Å²) in [7, 11) is 3.11. The number of nitrogens with one attached hydrogen (secondary N) is 1. The van der Waals surface area contributed by atoms with E-state index >= 15 is 0 Å². The topological polar surface area (TPSA) is 67.9 Å². The number of ether oxygens (including phenoxy) is 2. The van der Waals surface area contributed by atoms with Crippen LogP contribution in [0, 0.1) is 12.7 Å². The molecule has 0 bridgehead atoms. The van der Waals surface area contributed by atoms with Crippen LogP contribution in [0.5, 0.6) is 11.5 Å². The summed E-state index contributed by atoms with van der Waals surface area (Å²) in [4.78, 5) is 28.1. The number of benzene rings is 3. The van der Waals surface area contributed by atoms with Crippen LogP contribution in [0.25, 0.3) is 5.57 Å². The highest BCUT2D eigenvalue weighted by Gasteiger charge is 2.39. The number of amides is 2. The van der Waals surface area contributed by atoms with Gasteiger partial charge in [-0.3, -0.25) is 14.5 Å². The van der Waals surface area contributed by atoms with Crippen LogP contribution in [0.15, 0.2) is 72.4 Å². The second-order valence-electron chi connectivity index (χ2n) is 7.95. The fourth-order valence-corrected chi connectivity index (χ4v) is 3.87. The fourth-order valence-electron chi connectivity index (χ4n) is 3.87. The van der Waals surface area contributed by atoms with E-state index in [1.54, 1.807) is 56.7 Å². The molecule has 6 nitrogen and oxygen atoms in total. The Labute approximate surface area is 197 Å². The van der Waals surface area contributed by atoms with E-state index in [-0.39, 0.29) is 23.6 Å². The summed E-state index contributed by atoms with van der Waals surface area (Å²) >= 11 is 0. The fraction of sp³-hybridized carbons (Fsp3) is 0.185. The second kappa shape index (κ2) is 9.79. The molecular formula is C27H25FN2O4. The van der Waals surface area contributed by atoms with Crippen LogP contribution < -0.4 is 14.8 Å². The first kappa shape index (κ1) is 23.0. The van der Waals surface area contributed by atoms with Crippen LogP contribution in [0.1, 0.15) is 16.7 Å². The van der Waals surface area contributed by atoms with Crippen LogP contribution in [-0.4, -0.2) is 37.5 Å². The summed E-state index contributed by atoms with van der Waals surface area (Å²) in [5, 5.41) is 3.16. The van der Waals surface area contributed by atoms with E-state index in [1.165, 1.54) is 17.0 Å². The highest BCUT2D eigenvalue weighted by Crippen LogP contribution is 2.34. The first-order chi connectivity index (χ1) is 16.4. The molecule has 1 aliphatic heterocycles. The van der Waals surface area contributed by atoms with Gasteiger partial charge in [0.25, 0.3) is 11.8 Å². The first-order valence-corrected chi connectivity index (χ1v) is 10.8. The van der Waals surface area contributed by atoms with Gasteiger partial charge in [-0.2, -0.15) is 0 Å². The van der Waals surface area contributed by atoms with Gasteiger partial charge in [-0.1, -0.05) is 30.3 Å². The van der Waals surface area contributed by atoms with E-state index in [9.17, 15) is 14.0 Å². The van der Waals surface area contributed by atoms with E-state index < -0.39 is 11.8 Å². The van der Waals surface area contributed by atoms with Crippen molar-refractivity contribution in [3.8, 4) is 11.5 Å². The minimum Gasteiger partial charge on any atom is -0.497 e. The van der Waals surface area contributed by atoms with Crippen molar-refractivity contribution in [3.05, 3.63) is 94.9 Å². The molecular weight excluding hydrogens is 435 g/mol. The molecule has 4 rings (SSSR count). The number of carbonyl (C=O) groups excluding carboxylic acids is 2. The molecule has 3 aromatic carbocycles. The number of hydrogen-bond acceptors (Lipinski definition) is 5. The summed E-state index contributed by atoms with van der Waals surface area (Å²) in [5.74, 6) is 0.0355. The first-order valence-electron chi connectivity index (χ1n) is 10.8. The Balaban J connectivity index is 1.70. The molecule has 34 heavy (non-hydrogen) atoms. The molecule has 0 radical (unpaired) electrons. The van der Waals surface area contributed by atoms with Gasteiger partial charge in [0, 0.05) is 6.54 Å². The van der Waals surface area contributed by atoms with Gasteiger partial charge in [-0.15, -0.1) is 0 Å². The minimum absolute atomic E-state index is 0.166. The van der Waals surface area contributed by atoms with Gasteiger partial charge in [-0.25, -0.2) is 4.39 Å². The number of rotatable bonds is 8. The molecule has 0 spiro atoms. The van der Waals surface area contributed by atoms with Crippen LogP contribution in [0.2, 0.25) is 0 Å². The third-order valence-electron chi connectivity index (χ3n) is 5.70. The number of methoxy groups -OCH3 is 2. The Morgan fingerprint density at radius 2 is 1.59 bits per heavy atom. The molecule has 7 heteroatoms. The van der Waals surface area contributed by atoms with Gasteiger partial charge in [0.05, 0.1) is 25.5 Å². The average molecular weight is 461 g/mol. The highest BCUT2D eigenvalue weighted by atomic mass is 19.1. The Morgan fingerprint density at radius 3 is 2.24 bits per heavy atom. The van der Waals surface area contributed by atoms with Crippen molar-refractivity contribution < 1.29 is 23.5 Å². The molecule has 0 atom stereocenters. The van der Waals surface area contributed by atoms with Crippen molar-refractivity contribution in [1.29, 1.82) is 0 Å². The quantitative estimate of drug-likeness (QED) is 0.498. The zero-order chi connectivity index (χ0) is 24.2. The zero-order valence-electron chi connectivity index (χ0n) is 19.2. The smallest absolute Gasteiger partial charge is 0.278 e. The van der Waals surface area contributed by atoms with Crippen molar-refractivity contribution in [2.75, 3.05) is 26.1 Å². The highest BCUT2D eigenvalue weighted by molar-refractivity contribution is 6.36. The van der Waals surface area contributed by atoms with Crippen LogP contribution in [0.3, 0.4) is 0 Å². The normalized spacial score (nSPS) is 13.5. The lowest BCUT2D eigenvalue weighted by atomic mass is 10.0. The number of aryl methyl sites for hydroxylation is 1. The summed E-state index contributed by atoms with van der Waals surface area (Å²) in [6, 6.07) is 18.6. The predicted molar refractivity (Wildman–Crippen MR) is 128 cm³/mol. The predicted octanol–water partition coefficient (Wildman–Crippen LogP) is 4.59. The number of anilines is 1. The van der Waals surface area contributed by atoms with E-state index in [0.29, 0.717) is 29.2 Å². The van der Waals surface area contributed by atoms with E-state index in [4.69, 9.17) is 9.47 Å². The van der Waals surface area contributed by atoms with Crippen molar-refractivity contribution in [2.24, 2.45) is 0 Å². The summed E-state index contributed by atoms with van der Waals surface area (Å²) < 4.78 is 23.9. The van der Waals surface area contributed by atoms with Gasteiger partial charge in [0.1, 0.15) is 23.0 Å². The lowest BCUT2D eigenvalue weighted by Crippen LogP contribution is -2.34. The second-order valence-corrected chi connectivity index (χ2v) is 7.95. The van der Waals surface area contributed by atoms with Crippen LogP contribution >= 0.6 is 0 Å². The Morgan fingerprint density at radius 1 is 0.882 bits per heavy atom. The van der Waals surface area contributed by atoms with E-state index in [0.717, 1.165) is 11.1 Å². The van der Waals surface area contributed by atoms with E-state index in [1.807, 2.05) is 19.1 Å². The molecule has 0 saturated carbocycles. The molecule has 3 aromatic rings. The van der Waals surface area contributed by atoms with E-state index in [2.05, 4.69) is 5.32 Å². The maximum absolute atomic E-state index is 13.5. The number of hydrogen-bond donors (Lipinski definition) is 1. The van der Waals surface area contributed by atoms with Crippen molar-refractivity contribution in [1.82, 2.24) is 4.90 Å². The van der Waals surface area contributed by atoms with Crippen LogP contribution in [0.4, 0.5) is 10.1 Å². The molecule has 0 fully saturated rings. The third-order valence-corrected chi connectivity index (χ3v) is 5.70. The minimum atomic E-state index is -0.429. The average Bonchev–Trinajstić information content (AvgIpc) is 3.07. The van der Waals surface area contributed by atoms with Gasteiger partial charge in [0.15, 0.2) is 0 Å². The van der Waals surface area contributed by atoms with Crippen molar-refractivity contribution >= 4 is 23.1 Å². The zero-order valence-corrected chi connectivity index (χ0v) is 19.2. The molecule has 2 amide bonds. The number of carbonyl (C=O) groups is 2. The van der Waals surface area contributed by atoms with Gasteiger partial charge < -0.3 is 14.8 Å². The Hall–Kier alpha value is -4.13. The lowest BCUT2D eigenvalue weighted by Gasteiger charge is -2.16. The largest absolute Gasteiger partial charge is 0.497 e. The summed E-state index contributed by atoms with van der Waals surface area (Å²) in [6.45, 7) is 2.10. The molecule has 1 aliphatic rings. The summed E-state index contributed by atoms with van der Waals surface area (Å²) in [6.07, 6.45) is 0.411. The molecule has 1 N–H and O–H groups in total. The molecule has 174 valence electrons. The van der Waals surface area contributed by atoms with Gasteiger partial charge >= 0.3 is 0 Å². The standard InChI is InChI=1S/C27H25FN2O4/c1-17-4-13-23(34-3)22(16-17)29-25-24(19-7-11-21(33-2)12-8-19)26(31)30(27(25)32)15-14-18-5-9-20(28)10-6-18/h4-13,16,29H,14-15H2,1-3H3. The summed E-state index contributed by atoms with van der Waals surface area (Å²) in [5.41, 5.74) is 3.44. The van der Waals surface area contributed by atoms with Crippen molar-refractivity contribution in [2.45, 2.75) is 13.3 Å². The molecule has 0 aromatic heterocycles. The molecule has 0 aliphatic carbocycles. The lowest BCUT2D eigenvalue weighted by molar-refractivity contribution is -0.136. The Kier molecular flexibility index (Phi) is 6.63. The maximum Gasteiger partial charge on any atom is 0.278 e. The molecule has 1 heterocycles. The molecule has 0 saturated heterocycles. The van der Waals surface area contributed by atoms with Crippen LogP contribution in [-0.2, 0) is 16.0 Å². The molecule has 0 unspecified atom stereocenters.